The lowest BCUT2D eigenvalue weighted by atomic mass is 10.1. The summed E-state index contributed by atoms with van der Waals surface area (Å²) in [4.78, 5) is 12.8. The molecule has 0 aliphatic heterocycles. The fraction of sp³-hybridized carbons (Fsp3) is 0.417. The highest BCUT2D eigenvalue weighted by atomic mass is 16.5. The Balaban J connectivity index is 3.40. The van der Waals surface area contributed by atoms with E-state index in [1.165, 1.54) is 13.2 Å². The van der Waals surface area contributed by atoms with Crippen LogP contribution in [0.2, 0.25) is 0 Å². The van der Waals surface area contributed by atoms with Crippen LogP contribution in [0.15, 0.2) is 12.1 Å². The van der Waals surface area contributed by atoms with E-state index in [2.05, 4.69) is 0 Å². The number of aromatic carboxylic acids is 1. The molecule has 0 amide bonds. The number of carboxylic acids is 1. The molecule has 1 N–H and O–H groups in total. The van der Waals surface area contributed by atoms with Crippen LogP contribution in [0.5, 0.6) is 11.5 Å². The third-order valence-corrected chi connectivity index (χ3v) is 2.27. The van der Waals surface area contributed by atoms with Crippen molar-refractivity contribution in [2.75, 3.05) is 32.7 Å². The van der Waals surface area contributed by atoms with E-state index >= 15 is 0 Å². The Morgan fingerprint density at radius 1 is 1.41 bits per heavy atom. The number of hydrogen-bond donors (Lipinski definition) is 1. The molecule has 1 rings (SSSR count). The molecule has 0 spiro atoms. The Kier molecular flexibility index (Phi) is 4.20. The Hall–Kier alpha value is -1.91. The first-order valence-corrected chi connectivity index (χ1v) is 5.26. The molecular weight excluding hydrogens is 222 g/mol. The normalized spacial score (nSPS) is 9.88. The first-order chi connectivity index (χ1) is 8.01. The molecule has 0 heterocycles. The van der Waals surface area contributed by atoms with Crippen molar-refractivity contribution in [3.8, 4) is 11.5 Å². The van der Waals surface area contributed by atoms with Crippen LogP contribution in [0.4, 0.5) is 5.69 Å². The van der Waals surface area contributed by atoms with E-state index in [4.69, 9.17) is 14.6 Å². The minimum atomic E-state index is -0.991. The van der Waals surface area contributed by atoms with Crippen molar-refractivity contribution in [2.45, 2.75) is 6.92 Å². The maximum atomic E-state index is 11.0. The second-order valence-corrected chi connectivity index (χ2v) is 3.66. The minimum Gasteiger partial charge on any atom is -0.493 e. The molecule has 0 saturated heterocycles. The monoisotopic (exact) mass is 239 g/mol. The van der Waals surface area contributed by atoms with Crippen LogP contribution in [-0.4, -0.2) is 38.9 Å². The van der Waals surface area contributed by atoms with Gasteiger partial charge < -0.3 is 19.5 Å². The first kappa shape index (κ1) is 13.2. The number of methoxy groups -OCH3 is 1. The van der Waals surface area contributed by atoms with Gasteiger partial charge >= 0.3 is 5.97 Å². The summed E-state index contributed by atoms with van der Waals surface area (Å²) in [5.74, 6) is -0.00472. The molecule has 17 heavy (non-hydrogen) atoms. The van der Waals surface area contributed by atoms with Crippen LogP contribution in [0, 0.1) is 0 Å². The number of nitrogens with zero attached hydrogens (tertiary/aromatic N) is 1. The summed E-state index contributed by atoms with van der Waals surface area (Å²) in [6.45, 7) is 2.35. The van der Waals surface area contributed by atoms with Gasteiger partial charge in [-0.25, -0.2) is 4.79 Å². The second kappa shape index (κ2) is 5.43. The fourth-order valence-corrected chi connectivity index (χ4v) is 1.48. The third-order valence-electron chi connectivity index (χ3n) is 2.27. The Bertz CT molecular complexity index is 415. The molecule has 0 radical (unpaired) electrons. The predicted octanol–water partition coefficient (Wildman–Crippen LogP) is 1.86. The van der Waals surface area contributed by atoms with Gasteiger partial charge in [0.1, 0.15) is 0 Å². The van der Waals surface area contributed by atoms with Crippen molar-refractivity contribution < 1.29 is 19.4 Å². The number of carbonyl (C=O) groups is 1. The van der Waals surface area contributed by atoms with E-state index in [1.54, 1.807) is 11.0 Å². The number of anilines is 1. The zero-order valence-corrected chi connectivity index (χ0v) is 10.5. The first-order valence-electron chi connectivity index (χ1n) is 5.26. The van der Waals surface area contributed by atoms with Crippen LogP contribution in [0.25, 0.3) is 0 Å². The zero-order valence-electron chi connectivity index (χ0n) is 10.5. The zero-order chi connectivity index (χ0) is 13.0. The molecule has 5 nitrogen and oxygen atoms in total. The number of carboxylic acid groups (broad SMARTS) is 1. The molecule has 0 bridgehead atoms. The molecule has 0 aliphatic rings. The van der Waals surface area contributed by atoms with E-state index in [-0.39, 0.29) is 5.56 Å². The average molecular weight is 239 g/mol. The SMILES string of the molecule is CCOc1c(OC)cc(C(=O)O)cc1N(C)C. The van der Waals surface area contributed by atoms with Gasteiger partial charge in [0.25, 0.3) is 0 Å². The Morgan fingerprint density at radius 3 is 2.47 bits per heavy atom. The van der Waals surface area contributed by atoms with Crippen molar-refractivity contribution >= 4 is 11.7 Å². The molecule has 0 aromatic heterocycles. The molecule has 0 unspecified atom stereocenters. The van der Waals surface area contributed by atoms with E-state index < -0.39 is 5.97 Å². The molecule has 94 valence electrons. The largest absolute Gasteiger partial charge is 0.493 e. The summed E-state index contributed by atoms with van der Waals surface area (Å²) in [5.41, 5.74) is 0.859. The van der Waals surface area contributed by atoms with Crippen LogP contribution in [-0.2, 0) is 0 Å². The summed E-state index contributed by atoms with van der Waals surface area (Å²) < 4.78 is 10.7. The van der Waals surface area contributed by atoms with E-state index in [0.717, 1.165) is 0 Å². The van der Waals surface area contributed by atoms with Gasteiger partial charge in [0, 0.05) is 14.1 Å². The lowest BCUT2D eigenvalue weighted by Crippen LogP contribution is -2.13. The highest BCUT2D eigenvalue weighted by Crippen LogP contribution is 2.38. The summed E-state index contributed by atoms with van der Waals surface area (Å²) in [6, 6.07) is 3.02. The second-order valence-electron chi connectivity index (χ2n) is 3.66. The molecule has 0 atom stereocenters. The Labute approximate surface area is 101 Å². The minimum absolute atomic E-state index is 0.175. The lowest BCUT2D eigenvalue weighted by molar-refractivity contribution is 0.0696. The lowest BCUT2D eigenvalue weighted by Gasteiger charge is -2.20. The summed E-state index contributed by atoms with van der Waals surface area (Å²) >= 11 is 0. The third kappa shape index (κ3) is 2.81. The van der Waals surface area contributed by atoms with E-state index in [9.17, 15) is 4.79 Å². The average Bonchev–Trinajstić information content (AvgIpc) is 2.28. The number of rotatable bonds is 5. The highest BCUT2D eigenvalue weighted by molar-refractivity contribution is 5.91. The highest BCUT2D eigenvalue weighted by Gasteiger charge is 2.17. The molecule has 0 aliphatic carbocycles. The number of ether oxygens (including phenoxy) is 2. The van der Waals surface area contributed by atoms with Crippen LogP contribution in [0.1, 0.15) is 17.3 Å². The smallest absolute Gasteiger partial charge is 0.335 e. The molecule has 0 fully saturated rings. The maximum Gasteiger partial charge on any atom is 0.335 e. The van der Waals surface area contributed by atoms with Crippen molar-refractivity contribution in [3.05, 3.63) is 17.7 Å². The summed E-state index contributed by atoms with van der Waals surface area (Å²) in [5, 5.41) is 9.02. The number of hydrogen-bond acceptors (Lipinski definition) is 4. The van der Waals surface area contributed by atoms with E-state index in [1.807, 2.05) is 21.0 Å². The molecule has 1 aromatic rings. The van der Waals surface area contributed by atoms with Crippen LogP contribution < -0.4 is 14.4 Å². The van der Waals surface area contributed by atoms with Gasteiger partial charge in [-0.1, -0.05) is 0 Å². The molecule has 0 saturated carbocycles. The van der Waals surface area contributed by atoms with Gasteiger partial charge in [-0.15, -0.1) is 0 Å². The van der Waals surface area contributed by atoms with Gasteiger partial charge in [-0.2, -0.15) is 0 Å². The van der Waals surface area contributed by atoms with Crippen molar-refractivity contribution in [1.82, 2.24) is 0 Å². The standard InChI is InChI=1S/C12H17NO4/c1-5-17-11-9(13(2)3)6-8(12(14)15)7-10(11)16-4/h6-7H,5H2,1-4H3,(H,14,15). The van der Waals surface area contributed by atoms with Gasteiger partial charge in [0.2, 0.25) is 0 Å². The van der Waals surface area contributed by atoms with Gasteiger partial charge in [0.15, 0.2) is 11.5 Å². The molecular formula is C12H17NO4. The maximum absolute atomic E-state index is 11.0. The van der Waals surface area contributed by atoms with Gasteiger partial charge in [-0.05, 0) is 19.1 Å². The van der Waals surface area contributed by atoms with Crippen molar-refractivity contribution in [3.63, 3.8) is 0 Å². The van der Waals surface area contributed by atoms with Crippen LogP contribution in [0.3, 0.4) is 0 Å². The van der Waals surface area contributed by atoms with Crippen molar-refractivity contribution in [1.29, 1.82) is 0 Å². The predicted molar refractivity (Wildman–Crippen MR) is 65.4 cm³/mol. The quantitative estimate of drug-likeness (QED) is 0.849. The molecule has 1 aromatic carbocycles. The summed E-state index contributed by atoms with van der Waals surface area (Å²) in [7, 11) is 5.13. The molecule has 5 heteroatoms. The van der Waals surface area contributed by atoms with Gasteiger partial charge in [0.05, 0.1) is 25.0 Å². The summed E-state index contributed by atoms with van der Waals surface area (Å²) in [6.07, 6.45) is 0. The van der Waals surface area contributed by atoms with Gasteiger partial charge in [-0.3, -0.25) is 0 Å². The Morgan fingerprint density at radius 2 is 2.06 bits per heavy atom. The topological polar surface area (TPSA) is 59.0 Å². The fourth-order valence-electron chi connectivity index (χ4n) is 1.48. The van der Waals surface area contributed by atoms with E-state index in [0.29, 0.717) is 23.8 Å². The van der Waals surface area contributed by atoms with Crippen molar-refractivity contribution in [2.24, 2.45) is 0 Å². The number of benzene rings is 1. The van der Waals surface area contributed by atoms with Crippen LogP contribution >= 0.6 is 0 Å².